The molecule has 0 N–H and O–H groups in total. The summed E-state index contributed by atoms with van der Waals surface area (Å²) in [5.74, 6) is 0. The second-order valence-corrected chi connectivity index (χ2v) is 15.2. The monoisotopic (exact) mass is 703 g/mol. The molecule has 0 saturated heterocycles. The molecule has 2 heteroatoms. The summed E-state index contributed by atoms with van der Waals surface area (Å²) in [6, 6.07) is 73.6. The van der Waals surface area contributed by atoms with Crippen molar-refractivity contribution in [3.8, 4) is 22.3 Å². The van der Waals surface area contributed by atoms with Crippen molar-refractivity contribution in [1.82, 2.24) is 0 Å². The van der Waals surface area contributed by atoms with Crippen molar-refractivity contribution in [2.45, 2.75) is 0 Å². The van der Waals surface area contributed by atoms with Crippen LogP contribution in [0.5, 0.6) is 0 Å². The third-order valence-electron chi connectivity index (χ3n) is 11.0. The highest BCUT2D eigenvalue weighted by atomic mass is 32.1. The van der Waals surface area contributed by atoms with Gasteiger partial charge in [-0.3, -0.25) is 0 Å². The molecular formula is C52H33NS. The van der Waals surface area contributed by atoms with Crippen molar-refractivity contribution in [2.24, 2.45) is 0 Å². The molecule has 1 heterocycles. The Kier molecular flexibility index (Phi) is 7.11. The van der Waals surface area contributed by atoms with Crippen molar-refractivity contribution in [2.75, 3.05) is 4.90 Å². The van der Waals surface area contributed by atoms with E-state index in [1.54, 1.807) is 0 Å². The fourth-order valence-electron chi connectivity index (χ4n) is 8.37. The minimum Gasteiger partial charge on any atom is -0.310 e. The lowest BCUT2D eigenvalue weighted by Crippen LogP contribution is -2.11. The molecule has 54 heavy (non-hydrogen) atoms. The van der Waals surface area contributed by atoms with E-state index in [0.717, 1.165) is 17.1 Å². The van der Waals surface area contributed by atoms with E-state index in [9.17, 15) is 0 Å². The van der Waals surface area contributed by atoms with Gasteiger partial charge >= 0.3 is 0 Å². The zero-order chi connectivity index (χ0) is 35.6. The molecule has 0 atom stereocenters. The third-order valence-corrected chi connectivity index (χ3v) is 12.1. The Hall–Kier alpha value is -6.74. The van der Waals surface area contributed by atoms with Gasteiger partial charge in [0.15, 0.2) is 0 Å². The van der Waals surface area contributed by atoms with Gasteiger partial charge < -0.3 is 4.90 Å². The maximum atomic E-state index is 2.44. The molecule has 0 saturated carbocycles. The van der Waals surface area contributed by atoms with Gasteiger partial charge in [-0.25, -0.2) is 0 Å². The fraction of sp³-hybridized carbons (Fsp3) is 0. The van der Waals surface area contributed by atoms with Crippen LogP contribution in [0.4, 0.5) is 17.1 Å². The van der Waals surface area contributed by atoms with Gasteiger partial charge in [-0.15, -0.1) is 11.3 Å². The van der Waals surface area contributed by atoms with E-state index in [1.165, 1.54) is 85.5 Å². The van der Waals surface area contributed by atoms with Crippen LogP contribution in [0.15, 0.2) is 200 Å². The van der Waals surface area contributed by atoms with Crippen LogP contribution in [0.25, 0.3) is 85.5 Å². The zero-order valence-electron chi connectivity index (χ0n) is 29.4. The average molecular weight is 704 g/mol. The minimum atomic E-state index is 1.11. The van der Waals surface area contributed by atoms with Crippen LogP contribution >= 0.6 is 11.3 Å². The number of rotatable bonds is 5. The van der Waals surface area contributed by atoms with Gasteiger partial charge in [0.1, 0.15) is 0 Å². The van der Waals surface area contributed by atoms with Crippen molar-refractivity contribution in [3.63, 3.8) is 0 Å². The van der Waals surface area contributed by atoms with Crippen molar-refractivity contribution in [1.29, 1.82) is 0 Å². The summed E-state index contributed by atoms with van der Waals surface area (Å²) < 4.78 is 2.61. The Morgan fingerprint density at radius 3 is 1.70 bits per heavy atom. The molecule has 11 rings (SSSR count). The first-order valence-corrected chi connectivity index (χ1v) is 19.3. The first kappa shape index (κ1) is 30.8. The van der Waals surface area contributed by atoms with E-state index in [2.05, 4.69) is 205 Å². The summed E-state index contributed by atoms with van der Waals surface area (Å²) in [4.78, 5) is 2.44. The molecule has 0 radical (unpaired) electrons. The second-order valence-electron chi connectivity index (χ2n) is 14.1. The van der Waals surface area contributed by atoms with E-state index in [4.69, 9.17) is 0 Å². The molecular weight excluding hydrogens is 671 g/mol. The van der Waals surface area contributed by atoms with Crippen LogP contribution in [0, 0.1) is 0 Å². The van der Waals surface area contributed by atoms with Crippen molar-refractivity contribution in [3.05, 3.63) is 200 Å². The third kappa shape index (κ3) is 5.07. The Morgan fingerprint density at radius 1 is 0.296 bits per heavy atom. The van der Waals surface area contributed by atoms with E-state index < -0.39 is 0 Å². The van der Waals surface area contributed by atoms with Crippen LogP contribution in [0.2, 0.25) is 0 Å². The summed E-state index contributed by atoms with van der Waals surface area (Å²) in [6.45, 7) is 0. The molecule has 1 nitrogen and oxygen atoms in total. The standard InChI is InChI=1S/C52H33NS/c1-2-12-36-29-40(22-21-34(36)11-1)44-17-9-10-20-50(44)53(42-27-28-51-49(33-42)48-30-37-13-3-4-14-38(37)32-52(48)54-51)41-25-23-35(24-26-41)47-31-39-15-5-6-16-43(39)45-18-7-8-19-46(45)47/h1-33H. The number of anilines is 3. The SMILES string of the molecule is c1ccc(N(c2ccc(-c3cc4ccccc4c4ccccc34)cc2)c2ccc3sc4cc5ccccc5cc4c3c2)c(-c2ccc3ccccc3c2)c1. The molecule has 11 aromatic rings. The van der Waals surface area contributed by atoms with Gasteiger partial charge in [0, 0.05) is 37.1 Å². The molecule has 0 bridgehead atoms. The van der Waals surface area contributed by atoms with E-state index in [-0.39, 0.29) is 0 Å². The number of thiophene rings is 1. The summed E-state index contributed by atoms with van der Waals surface area (Å²) in [7, 11) is 0. The predicted octanol–water partition coefficient (Wildman–Crippen LogP) is 15.5. The lowest BCUT2D eigenvalue weighted by Gasteiger charge is -2.28. The molecule has 0 aliphatic rings. The van der Waals surface area contributed by atoms with E-state index in [1.807, 2.05) is 11.3 Å². The summed E-state index contributed by atoms with van der Waals surface area (Å²) in [5, 5.41) is 12.7. The lowest BCUT2D eigenvalue weighted by molar-refractivity contribution is 1.29. The number of hydrogen-bond donors (Lipinski definition) is 0. The molecule has 0 aliphatic heterocycles. The molecule has 10 aromatic carbocycles. The Balaban J connectivity index is 1.11. The topological polar surface area (TPSA) is 3.24 Å². The summed E-state index contributed by atoms with van der Waals surface area (Å²) in [6.07, 6.45) is 0. The molecule has 0 aliphatic carbocycles. The number of hydrogen-bond acceptors (Lipinski definition) is 2. The smallest absolute Gasteiger partial charge is 0.0540 e. The van der Waals surface area contributed by atoms with Gasteiger partial charge in [-0.2, -0.15) is 0 Å². The van der Waals surface area contributed by atoms with E-state index >= 15 is 0 Å². The average Bonchev–Trinajstić information content (AvgIpc) is 3.59. The Labute approximate surface area is 317 Å². The Bertz CT molecular complexity index is 3230. The molecule has 252 valence electrons. The Morgan fingerprint density at radius 2 is 0.889 bits per heavy atom. The second kappa shape index (κ2) is 12.4. The van der Waals surface area contributed by atoms with Gasteiger partial charge in [-0.05, 0) is 120 Å². The highest BCUT2D eigenvalue weighted by Gasteiger charge is 2.19. The normalized spacial score (nSPS) is 11.7. The molecule has 0 fully saturated rings. The lowest BCUT2D eigenvalue weighted by atomic mass is 9.93. The van der Waals surface area contributed by atoms with Crippen molar-refractivity contribution < 1.29 is 0 Å². The first-order chi connectivity index (χ1) is 26.7. The fourth-order valence-corrected chi connectivity index (χ4v) is 9.49. The van der Waals surface area contributed by atoms with Crippen LogP contribution in [-0.4, -0.2) is 0 Å². The predicted molar refractivity (Wildman–Crippen MR) is 235 cm³/mol. The molecule has 0 spiro atoms. The van der Waals surface area contributed by atoms with Gasteiger partial charge in [0.25, 0.3) is 0 Å². The molecule has 1 aromatic heterocycles. The molecule has 0 amide bonds. The number of benzene rings is 10. The minimum absolute atomic E-state index is 1.11. The summed E-state index contributed by atoms with van der Waals surface area (Å²) >= 11 is 1.87. The maximum absolute atomic E-state index is 2.44. The van der Waals surface area contributed by atoms with E-state index in [0.29, 0.717) is 0 Å². The number of fused-ring (bicyclic) bond motifs is 8. The number of nitrogens with zero attached hydrogens (tertiary/aromatic N) is 1. The highest BCUT2D eigenvalue weighted by molar-refractivity contribution is 7.25. The largest absolute Gasteiger partial charge is 0.310 e. The quantitative estimate of drug-likeness (QED) is 0.161. The van der Waals surface area contributed by atoms with Crippen LogP contribution in [-0.2, 0) is 0 Å². The van der Waals surface area contributed by atoms with Gasteiger partial charge in [0.05, 0.1) is 5.69 Å². The van der Waals surface area contributed by atoms with Crippen LogP contribution in [0.1, 0.15) is 0 Å². The zero-order valence-corrected chi connectivity index (χ0v) is 30.2. The van der Waals surface area contributed by atoms with Gasteiger partial charge in [0.2, 0.25) is 0 Å². The van der Waals surface area contributed by atoms with Gasteiger partial charge in [-0.1, -0.05) is 140 Å². The maximum Gasteiger partial charge on any atom is 0.0540 e. The highest BCUT2D eigenvalue weighted by Crippen LogP contribution is 2.45. The first-order valence-electron chi connectivity index (χ1n) is 18.5. The molecule has 0 unspecified atom stereocenters. The summed E-state index contributed by atoms with van der Waals surface area (Å²) in [5.41, 5.74) is 8.22. The van der Waals surface area contributed by atoms with Crippen LogP contribution < -0.4 is 4.90 Å². The number of para-hydroxylation sites is 1. The van der Waals surface area contributed by atoms with Crippen molar-refractivity contribution >= 4 is 91.7 Å². The van der Waals surface area contributed by atoms with Crippen LogP contribution in [0.3, 0.4) is 0 Å².